The number of Topliss-reactive ketones (excluding diaryl/α,β-unsaturated/α-hetero) is 1. The number of rotatable bonds is 2. The van der Waals surface area contributed by atoms with E-state index in [1.165, 1.54) is 0 Å². The van der Waals surface area contributed by atoms with Gasteiger partial charge in [0.15, 0.2) is 0 Å². The van der Waals surface area contributed by atoms with E-state index in [9.17, 15) is 9.59 Å². The molecular weight excluding hydrogens is 282 g/mol. The molecule has 1 fully saturated rings. The third-order valence-electron chi connectivity index (χ3n) is 3.00. The Bertz CT molecular complexity index is 435. The van der Waals surface area contributed by atoms with Gasteiger partial charge in [-0.3, -0.25) is 9.59 Å². The fraction of sp³-hybridized carbons (Fsp3) is 0.385. The molecule has 1 saturated heterocycles. The van der Waals surface area contributed by atoms with Crippen LogP contribution in [0.15, 0.2) is 24.3 Å². The monoisotopic (exact) mass is 295 g/mol. The van der Waals surface area contributed by atoms with Crippen LogP contribution in [-0.2, 0) is 10.1 Å². The second kappa shape index (κ2) is 5.45. The van der Waals surface area contributed by atoms with Gasteiger partial charge in [0.05, 0.1) is 0 Å². The fourth-order valence-electron chi connectivity index (χ4n) is 1.98. The molecule has 17 heavy (non-hydrogen) atoms. The molecule has 1 aliphatic rings. The van der Waals surface area contributed by atoms with Crippen molar-refractivity contribution in [2.75, 3.05) is 13.1 Å². The second-order valence-corrected chi connectivity index (χ2v) is 4.68. The van der Waals surface area contributed by atoms with Gasteiger partial charge in [-0.25, -0.2) is 0 Å². The van der Waals surface area contributed by atoms with Crippen molar-refractivity contribution in [1.29, 1.82) is 0 Å². The number of hydrogen-bond donors (Lipinski definition) is 0. The molecule has 4 heteroatoms. The fourth-order valence-corrected chi connectivity index (χ4v) is 2.46. The smallest absolute Gasteiger partial charge is 0.254 e. The van der Waals surface area contributed by atoms with Crippen molar-refractivity contribution in [2.24, 2.45) is 0 Å². The number of alkyl halides is 1. The van der Waals surface area contributed by atoms with Crippen LogP contribution < -0.4 is 0 Å². The first-order valence-corrected chi connectivity index (χ1v) is 6.79. The van der Waals surface area contributed by atoms with Gasteiger partial charge in [0.25, 0.3) is 5.91 Å². The molecule has 1 aromatic carbocycles. The van der Waals surface area contributed by atoms with Crippen molar-refractivity contribution < 1.29 is 9.59 Å². The Morgan fingerprint density at radius 3 is 2.53 bits per heavy atom. The lowest BCUT2D eigenvalue weighted by molar-refractivity contribution is -0.120. The quantitative estimate of drug-likeness (QED) is 0.786. The highest BCUT2D eigenvalue weighted by Crippen LogP contribution is 2.17. The minimum atomic E-state index is 0.0348. The molecule has 1 aliphatic heterocycles. The summed E-state index contributed by atoms with van der Waals surface area (Å²) in [4.78, 5) is 25.2. The number of amides is 1. The first-order chi connectivity index (χ1) is 8.22. The van der Waals surface area contributed by atoms with Crippen LogP contribution in [0.2, 0.25) is 0 Å². The maximum Gasteiger partial charge on any atom is 0.254 e. The second-order valence-electron chi connectivity index (χ2n) is 4.12. The molecule has 0 bridgehead atoms. The molecule has 2 rings (SSSR count). The van der Waals surface area contributed by atoms with Crippen LogP contribution >= 0.6 is 15.9 Å². The van der Waals surface area contributed by atoms with Gasteiger partial charge in [-0.2, -0.15) is 0 Å². The minimum absolute atomic E-state index is 0.0348. The third kappa shape index (κ3) is 2.75. The molecule has 0 N–H and O–H groups in total. The van der Waals surface area contributed by atoms with Crippen LogP contribution in [0.4, 0.5) is 0 Å². The van der Waals surface area contributed by atoms with E-state index in [1.54, 1.807) is 4.90 Å². The lowest BCUT2D eigenvalue weighted by Crippen LogP contribution is -2.38. The maximum atomic E-state index is 12.3. The summed E-state index contributed by atoms with van der Waals surface area (Å²) in [5.74, 6) is 0.287. The first-order valence-electron chi connectivity index (χ1n) is 5.67. The van der Waals surface area contributed by atoms with E-state index in [0.29, 0.717) is 31.3 Å². The lowest BCUT2D eigenvalue weighted by atomic mass is 10.0. The number of likely N-dealkylation sites (tertiary alicyclic amines) is 1. The average Bonchev–Trinajstić information content (AvgIpc) is 2.39. The van der Waals surface area contributed by atoms with Crippen molar-refractivity contribution in [3.63, 3.8) is 0 Å². The van der Waals surface area contributed by atoms with Gasteiger partial charge in [0.1, 0.15) is 5.78 Å². The van der Waals surface area contributed by atoms with E-state index >= 15 is 0 Å². The summed E-state index contributed by atoms with van der Waals surface area (Å²) in [7, 11) is 0. The zero-order valence-electron chi connectivity index (χ0n) is 9.49. The van der Waals surface area contributed by atoms with E-state index in [-0.39, 0.29) is 11.7 Å². The molecule has 1 heterocycles. The molecule has 1 aromatic rings. The van der Waals surface area contributed by atoms with Gasteiger partial charge in [-0.15, -0.1) is 0 Å². The molecule has 0 saturated carbocycles. The number of hydrogen-bond acceptors (Lipinski definition) is 2. The first kappa shape index (κ1) is 12.3. The van der Waals surface area contributed by atoms with E-state index < -0.39 is 0 Å². The molecule has 1 amide bonds. The molecule has 0 spiro atoms. The predicted octanol–water partition coefficient (Wildman–Crippen LogP) is 2.39. The number of halogens is 1. The zero-order valence-corrected chi connectivity index (χ0v) is 11.1. The largest absolute Gasteiger partial charge is 0.338 e. The summed E-state index contributed by atoms with van der Waals surface area (Å²) in [6, 6.07) is 7.58. The SMILES string of the molecule is O=C1CCN(C(=O)c2ccccc2CBr)CC1. The Morgan fingerprint density at radius 2 is 1.88 bits per heavy atom. The number of carbonyl (C=O) groups is 2. The van der Waals surface area contributed by atoms with Gasteiger partial charge in [0.2, 0.25) is 0 Å². The number of benzene rings is 1. The van der Waals surface area contributed by atoms with Crippen LogP contribution in [-0.4, -0.2) is 29.7 Å². The van der Waals surface area contributed by atoms with E-state index in [4.69, 9.17) is 0 Å². The average molecular weight is 296 g/mol. The summed E-state index contributed by atoms with van der Waals surface area (Å²) < 4.78 is 0. The Kier molecular flexibility index (Phi) is 3.94. The molecule has 90 valence electrons. The van der Waals surface area contributed by atoms with Gasteiger partial charge in [0, 0.05) is 36.8 Å². The van der Waals surface area contributed by atoms with E-state index in [1.807, 2.05) is 24.3 Å². The molecule has 0 aromatic heterocycles. The number of carbonyl (C=O) groups excluding carboxylic acids is 2. The molecule has 3 nitrogen and oxygen atoms in total. The molecular formula is C13H14BrNO2. The van der Waals surface area contributed by atoms with Gasteiger partial charge < -0.3 is 4.90 Å². The third-order valence-corrected chi connectivity index (χ3v) is 3.60. The van der Waals surface area contributed by atoms with Crippen LogP contribution in [0.3, 0.4) is 0 Å². The number of piperidine rings is 1. The zero-order chi connectivity index (χ0) is 12.3. The van der Waals surface area contributed by atoms with Crippen molar-refractivity contribution in [3.8, 4) is 0 Å². The van der Waals surface area contributed by atoms with Crippen LogP contribution in [0.25, 0.3) is 0 Å². The van der Waals surface area contributed by atoms with Crippen molar-refractivity contribution >= 4 is 27.6 Å². The normalized spacial score (nSPS) is 16.1. The maximum absolute atomic E-state index is 12.3. The van der Waals surface area contributed by atoms with Crippen LogP contribution in [0.5, 0.6) is 0 Å². The molecule has 0 unspecified atom stereocenters. The Morgan fingerprint density at radius 1 is 1.24 bits per heavy atom. The predicted molar refractivity (Wildman–Crippen MR) is 69.2 cm³/mol. The van der Waals surface area contributed by atoms with Crippen molar-refractivity contribution in [3.05, 3.63) is 35.4 Å². The van der Waals surface area contributed by atoms with Crippen LogP contribution in [0, 0.1) is 0 Å². The van der Waals surface area contributed by atoms with Gasteiger partial charge in [-0.1, -0.05) is 34.1 Å². The Hall–Kier alpha value is -1.16. The van der Waals surface area contributed by atoms with Gasteiger partial charge in [-0.05, 0) is 11.6 Å². The summed E-state index contributed by atoms with van der Waals surface area (Å²) in [6.07, 6.45) is 0.977. The topological polar surface area (TPSA) is 37.4 Å². The Balaban J connectivity index is 2.16. The number of ketones is 1. The highest BCUT2D eigenvalue weighted by atomic mass is 79.9. The minimum Gasteiger partial charge on any atom is -0.338 e. The molecule has 0 atom stereocenters. The highest BCUT2D eigenvalue weighted by Gasteiger charge is 2.22. The number of nitrogens with zero attached hydrogens (tertiary/aromatic N) is 1. The van der Waals surface area contributed by atoms with Gasteiger partial charge >= 0.3 is 0 Å². The van der Waals surface area contributed by atoms with Crippen LogP contribution in [0.1, 0.15) is 28.8 Å². The summed E-state index contributed by atoms with van der Waals surface area (Å²) >= 11 is 3.39. The summed E-state index contributed by atoms with van der Waals surface area (Å²) in [6.45, 7) is 1.10. The van der Waals surface area contributed by atoms with Crippen molar-refractivity contribution in [2.45, 2.75) is 18.2 Å². The summed E-state index contributed by atoms with van der Waals surface area (Å²) in [5.41, 5.74) is 1.73. The Labute approximate surface area is 109 Å². The summed E-state index contributed by atoms with van der Waals surface area (Å²) in [5, 5.41) is 0.668. The van der Waals surface area contributed by atoms with E-state index in [0.717, 1.165) is 11.1 Å². The molecule has 0 aliphatic carbocycles. The highest BCUT2D eigenvalue weighted by molar-refractivity contribution is 9.08. The lowest BCUT2D eigenvalue weighted by Gasteiger charge is -2.26. The molecule has 0 radical (unpaired) electrons. The van der Waals surface area contributed by atoms with E-state index in [2.05, 4.69) is 15.9 Å². The van der Waals surface area contributed by atoms with Crippen molar-refractivity contribution in [1.82, 2.24) is 4.90 Å². The standard InChI is InChI=1S/C13H14BrNO2/c14-9-10-3-1-2-4-12(10)13(17)15-7-5-11(16)6-8-15/h1-4H,5-9H2.